The van der Waals surface area contributed by atoms with E-state index in [0.717, 1.165) is 16.7 Å². The van der Waals surface area contributed by atoms with Crippen molar-refractivity contribution in [1.82, 2.24) is 14.5 Å². The van der Waals surface area contributed by atoms with Gasteiger partial charge in [0, 0.05) is 12.6 Å². The van der Waals surface area contributed by atoms with Gasteiger partial charge >= 0.3 is 0 Å². The summed E-state index contributed by atoms with van der Waals surface area (Å²) in [7, 11) is -4.10. The third-order valence-corrected chi connectivity index (χ3v) is 7.80. The molecule has 4 heterocycles. The molecule has 4 rings (SSSR count). The number of nitrogens with zero attached hydrogens (tertiary/aromatic N) is 3. The maximum atomic E-state index is 13.3. The second kappa shape index (κ2) is 8.94. The van der Waals surface area contributed by atoms with Crippen molar-refractivity contribution in [3.63, 3.8) is 0 Å². The lowest BCUT2D eigenvalue weighted by atomic mass is 10.1. The second-order valence-electron chi connectivity index (χ2n) is 8.04. The largest absolute Gasteiger partial charge is 0.619 e. The zero-order valence-corrected chi connectivity index (χ0v) is 18.7. The lowest BCUT2D eigenvalue weighted by molar-refractivity contribution is -0.607. The predicted octanol–water partition coefficient (Wildman–Crippen LogP) is 0.0546. The number of aromatic nitrogens is 1. The number of nitrogens with one attached hydrogen (secondary N) is 1. The number of carbonyl (C=O) groups excluding carboxylic acids is 3. The molecule has 3 atom stereocenters. The van der Waals surface area contributed by atoms with Crippen molar-refractivity contribution in [2.24, 2.45) is 0 Å². The van der Waals surface area contributed by atoms with Crippen LogP contribution in [0.1, 0.15) is 36.7 Å². The summed E-state index contributed by atoms with van der Waals surface area (Å²) in [4.78, 5) is 39.7. The van der Waals surface area contributed by atoms with Crippen LogP contribution < -0.4 is 10.0 Å². The number of amides is 2. The van der Waals surface area contributed by atoms with Crippen LogP contribution in [0.15, 0.2) is 52.2 Å². The third-order valence-electron chi connectivity index (χ3n) is 5.94. The number of fused-ring (bicyclic) bond motifs is 1. The minimum absolute atomic E-state index is 0.0656. The lowest BCUT2D eigenvalue weighted by Gasteiger charge is -2.28. The number of hydrogen-bond donors (Lipinski definition) is 1. The minimum atomic E-state index is -4.10. The molecular weight excluding hydrogens is 452 g/mol. The van der Waals surface area contributed by atoms with Crippen molar-refractivity contribution < 1.29 is 31.9 Å². The summed E-state index contributed by atoms with van der Waals surface area (Å²) in [5.74, 6) is -1.31. The van der Waals surface area contributed by atoms with Crippen molar-refractivity contribution >= 4 is 27.6 Å². The number of furan rings is 1. The van der Waals surface area contributed by atoms with Crippen molar-refractivity contribution in [2.75, 3.05) is 13.1 Å². The van der Waals surface area contributed by atoms with Gasteiger partial charge in [-0.3, -0.25) is 14.4 Å². The standard InChI is InChI=1S/C21H24N4O7S/c1-2-5-15(22-20(27)18-7-4-11-32-18)21(28)24-10-8-16-19(24)17(26)13-25(16)33(30,31)14-6-3-9-23(29)12-14/h3-4,6-7,9,11-12,15-16,19H,2,5,8,10,13H2,1H3,(H,22,27). The Kier molecular flexibility index (Phi) is 6.21. The fraction of sp³-hybridized carbons (Fsp3) is 0.429. The lowest BCUT2D eigenvalue weighted by Crippen LogP contribution is -2.52. The fourth-order valence-electron chi connectivity index (χ4n) is 4.45. The molecule has 0 aliphatic carbocycles. The summed E-state index contributed by atoms with van der Waals surface area (Å²) in [6.07, 6.45) is 4.68. The SMILES string of the molecule is CCCC(NC(=O)c1ccco1)C(=O)N1CCC2C1C(=O)CN2S(=O)(=O)c1ccc[n+]([O-])c1. The van der Waals surface area contributed by atoms with Crippen LogP contribution in [0.5, 0.6) is 0 Å². The molecule has 33 heavy (non-hydrogen) atoms. The van der Waals surface area contributed by atoms with Gasteiger partial charge in [-0.2, -0.15) is 9.04 Å². The Morgan fingerprint density at radius 2 is 2.12 bits per heavy atom. The first-order chi connectivity index (χ1) is 15.7. The number of sulfonamides is 1. The molecule has 2 amide bonds. The van der Waals surface area contributed by atoms with Crippen LogP contribution in [0.4, 0.5) is 0 Å². The van der Waals surface area contributed by atoms with Crippen molar-refractivity contribution in [3.05, 3.63) is 53.9 Å². The van der Waals surface area contributed by atoms with Gasteiger partial charge in [-0.1, -0.05) is 13.3 Å². The molecule has 0 aromatic carbocycles. The van der Waals surface area contributed by atoms with Gasteiger partial charge in [-0.05, 0) is 31.0 Å². The minimum Gasteiger partial charge on any atom is -0.619 e. The Bertz CT molecular complexity index is 1170. The number of Topliss-reactive ketones (excluding diaryl/α,β-unsaturated/α-hetero) is 1. The number of ketones is 1. The monoisotopic (exact) mass is 476 g/mol. The molecular formula is C21H24N4O7S. The molecule has 176 valence electrons. The predicted molar refractivity (Wildman–Crippen MR) is 113 cm³/mol. The Balaban J connectivity index is 1.54. The molecule has 2 aromatic rings. The third kappa shape index (κ3) is 4.23. The van der Waals surface area contributed by atoms with Crippen molar-refractivity contribution in [3.8, 4) is 0 Å². The highest BCUT2D eigenvalue weighted by atomic mass is 32.2. The van der Waals surface area contributed by atoms with E-state index in [1.54, 1.807) is 6.07 Å². The zero-order chi connectivity index (χ0) is 23.8. The summed E-state index contributed by atoms with van der Waals surface area (Å²) in [5.41, 5.74) is 0. The van der Waals surface area contributed by atoms with Gasteiger partial charge in [0.25, 0.3) is 5.91 Å². The molecule has 3 unspecified atom stereocenters. The van der Waals surface area contributed by atoms with E-state index >= 15 is 0 Å². The molecule has 0 saturated carbocycles. The van der Waals surface area contributed by atoms with E-state index in [9.17, 15) is 28.0 Å². The van der Waals surface area contributed by atoms with E-state index in [-0.39, 0.29) is 30.2 Å². The summed E-state index contributed by atoms with van der Waals surface area (Å²) in [6.45, 7) is 1.66. The highest BCUT2D eigenvalue weighted by Crippen LogP contribution is 2.34. The van der Waals surface area contributed by atoms with Crippen LogP contribution in [0.2, 0.25) is 0 Å². The van der Waals surface area contributed by atoms with Gasteiger partial charge in [0.2, 0.25) is 15.9 Å². The number of likely N-dealkylation sites (tertiary alicyclic amines) is 1. The Labute approximate surface area is 190 Å². The molecule has 1 N–H and O–H groups in total. The fourth-order valence-corrected chi connectivity index (χ4v) is 6.08. The van der Waals surface area contributed by atoms with Crippen molar-refractivity contribution in [2.45, 2.75) is 49.2 Å². The first kappa shape index (κ1) is 22.9. The number of hydrogen-bond acceptors (Lipinski definition) is 7. The second-order valence-corrected chi connectivity index (χ2v) is 9.93. The highest BCUT2D eigenvalue weighted by molar-refractivity contribution is 7.89. The number of carbonyl (C=O) groups is 3. The number of pyridine rings is 1. The molecule has 12 heteroatoms. The van der Waals surface area contributed by atoms with Crippen LogP contribution in [-0.2, 0) is 19.6 Å². The topological polar surface area (TPSA) is 144 Å². The Hall–Kier alpha value is -3.25. The summed E-state index contributed by atoms with van der Waals surface area (Å²) >= 11 is 0. The highest BCUT2D eigenvalue weighted by Gasteiger charge is 2.54. The van der Waals surface area contributed by atoms with Crippen LogP contribution in [0.25, 0.3) is 0 Å². The van der Waals surface area contributed by atoms with E-state index in [4.69, 9.17) is 4.42 Å². The zero-order valence-electron chi connectivity index (χ0n) is 17.9. The average Bonchev–Trinajstić information content (AvgIpc) is 3.52. The van der Waals surface area contributed by atoms with Crippen LogP contribution >= 0.6 is 0 Å². The molecule has 2 aliphatic rings. The van der Waals surface area contributed by atoms with Gasteiger partial charge in [0.15, 0.2) is 23.9 Å². The smallest absolute Gasteiger partial charge is 0.287 e. The number of rotatable bonds is 7. The van der Waals surface area contributed by atoms with Crippen LogP contribution in [-0.4, -0.2) is 66.4 Å². The van der Waals surface area contributed by atoms with E-state index in [1.807, 2.05) is 6.92 Å². The van der Waals surface area contributed by atoms with Crippen LogP contribution in [0.3, 0.4) is 0 Å². The van der Waals surface area contributed by atoms with Crippen molar-refractivity contribution in [1.29, 1.82) is 0 Å². The van der Waals surface area contributed by atoms with Crippen LogP contribution in [0, 0.1) is 5.21 Å². The van der Waals surface area contributed by atoms with E-state index in [1.165, 1.54) is 29.4 Å². The van der Waals surface area contributed by atoms with E-state index < -0.39 is 45.7 Å². The molecule has 11 nitrogen and oxygen atoms in total. The van der Waals surface area contributed by atoms with Gasteiger partial charge in [-0.15, -0.1) is 0 Å². The summed E-state index contributed by atoms with van der Waals surface area (Å²) in [6, 6.07) is 3.11. The van der Waals surface area contributed by atoms with E-state index in [0.29, 0.717) is 17.6 Å². The first-order valence-electron chi connectivity index (χ1n) is 10.6. The van der Waals surface area contributed by atoms with Gasteiger partial charge in [-0.25, -0.2) is 8.42 Å². The summed E-state index contributed by atoms with van der Waals surface area (Å²) in [5, 5.41) is 14.2. The average molecular weight is 477 g/mol. The molecule has 2 aromatic heterocycles. The quantitative estimate of drug-likeness (QED) is 0.439. The summed E-state index contributed by atoms with van der Waals surface area (Å²) < 4.78 is 32.8. The molecule has 2 saturated heterocycles. The van der Waals surface area contributed by atoms with Gasteiger partial charge in [0.1, 0.15) is 17.0 Å². The molecule has 0 spiro atoms. The molecule has 0 bridgehead atoms. The maximum Gasteiger partial charge on any atom is 0.287 e. The van der Waals surface area contributed by atoms with E-state index in [2.05, 4.69) is 5.32 Å². The van der Waals surface area contributed by atoms with Gasteiger partial charge < -0.3 is 19.8 Å². The first-order valence-corrected chi connectivity index (χ1v) is 12.1. The van der Waals surface area contributed by atoms with Gasteiger partial charge in [0.05, 0.1) is 18.8 Å². The normalized spacial score (nSPS) is 21.7. The Morgan fingerprint density at radius 1 is 1.33 bits per heavy atom. The molecule has 0 radical (unpaired) electrons. The maximum absolute atomic E-state index is 13.3. The molecule has 2 aliphatic heterocycles. The molecule has 2 fully saturated rings. The Morgan fingerprint density at radius 3 is 2.79 bits per heavy atom.